The largest absolute Gasteiger partial charge is 0.378 e. The summed E-state index contributed by atoms with van der Waals surface area (Å²) >= 11 is 0. The third-order valence-electron chi connectivity index (χ3n) is 4.88. The van der Waals surface area contributed by atoms with Gasteiger partial charge < -0.3 is 4.74 Å². The number of rotatable bonds is 4. The van der Waals surface area contributed by atoms with Gasteiger partial charge in [0.25, 0.3) is 0 Å². The fourth-order valence-electron chi connectivity index (χ4n) is 3.31. The lowest BCUT2D eigenvalue weighted by atomic mass is 9.72. The molecule has 3 heteroatoms. The average Bonchev–Trinajstić information content (AvgIpc) is 2.43. The zero-order valence-corrected chi connectivity index (χ0v) is 12.6. The summed E-state index contributed by atoms with van der Waals surface area (Å²) in [6, 6.07) is 4.05. The molecule has 0 unspecified atom stereocenters. The molecule has 0 aliphatic heterocycles. The number of hydrogen-bond acceptors (Lipinski definition) is 1. The van der Waals surface area contributed by atoms with Crippen LogP contribution in [0.15, 0.2) is 18.2 Å². The van der Waals surface area contributed by atoms with Crippen molar-refractivity contribution in [1.82, 2.24) is 0 Å². The monoisotopic (exact) mass is 282 g/mol. The minimum Gasteiger partial charge on any atom is -0.378 e. The molecule has 0 heterocycles. The smallest absolute Gasteiger partial charge is 0.129 e. The molecule has 0 N–H and O–H groups in total. The molecule has 1 aliphatic carbocycles. The van der Waals surface area contributed by atoms with Gasteiger partial charge in [-0.15, -0.1) is 0 Å². The van der Waals surface area contributed by atoms with Crippen molar-refractivity contribution in [3.05, 3.63) is 35.4 Å². The van der Waals surface area contributed by atoms with E-state index in [2.05, 4.69) is 13.8 Å². The maximum absolute atomic E-state index is 13.8. The highest BCUT2D eigenvalue weighted by molar-refractivity contribution is 5.22. The van der Waals surface area contributed by atoms with Crippen LogP contribution in [0.2, 0.25) is 0 Å². The van der Waals surface area contributed by atoms with Crippen molar-refractivity contribution in [1.29, 1.82) is 0 Å². The van der Waals surface area contributed by atoms with E-state index >= 15 is 0 Å². The first-order chi connectivity index (χ1) is 9.47. The van der Waals surface area contributed by atoms with Crippen LogP contribution < -0.4 is 0 Å². The van der Waals surface area contributed by atoms with Crippen molar-refractivity contribution >= 4 is 0 Å². The molecule has 0 spiro atoms. The number of halogens is 2. The first-order valence-electron chi connectivity index (χ1n) is 7.45. The van der Waals surface area contributed by atoms with Gasteiger partial charge in [0.15, 0.2) is 0 Å². The van der Waals surface area contributed by atoms with E-state index in [1.807, 2.05) is 0 Å². The summed E-state index contributed by atoms with van der Waals surface area (Å²) < 4.78 is 33.3. The van der Waals surface area contributed by atoms with E-state index in [0.717, 1.165) is 25.7 Å². The van der Waals surface area contributed by atoms with Gasteiger partial charge in [0.2, 0.25) is 0 Å². The fraction of sp³-hybridized carbons (Fsp3) is 0.647. The molecular weight excluding hydrogens is 258 g/mol. The summed E-state index contributed by atoms with van der Waals surface area (Å²) in [5.41, 5.74) is -0.244. The van der Waals surface area contributed by atoms with E-state index in [0.29, 0.717) is 18.3 Å². The Morgan fingerprint density at radius 1 is 1.20 bits per heavy atom. The second kappa shape index (κ2) is 6.21. The van der Waals surface area contributed by atoms with E-state index < -0.39 is 17.2 Å². The summed E-state index contributed by atoms with van der Waals surface area (Å²) in [6.07, 6.45) is 4.22. The average molecular weight is 282 g/mol. The maximum Gasteiger partial charge on any atom is 0.129 e. The molecule has 20 heavy (non-hydrogen) atoms. The van der Waals surface area contributed by atoms with Gasteiger partial charge in [-0.1, -0.05) is 19.9 Å². The fourth-order valence-corrected chi connectivity index (χ4v) is 3.31. The number of ether oxygens (including phenoxy) is 1. The summed E-state index contributed by atoms with van der Waals surface area (Å²) in [5, 5.41) is 0. The van der Waals surface area contributed by atoms with Gasteiger partial charge in [-0.2, -0.15) is 0 Å². The molecule has 0 atom stereocenters. The van der Waals surface area contributed by atoms with Crippen LogP contribution in [-0.4, -0.2) is 12.7 Å². The van der Waals surface area contributed by atoms with E-state index in [-0.39, 0.29) is 5.56 Å². The Balaban J connectivity index is 2.14. The van der Waals surface area contributed by atoms with Gasteiger partial charge in [-0.3, -0.25) is 0 Å². The Labute approximate surface area is 120 Å². The molecule has 1 nitrogen and oxygen atoms in total. The summed E-state index contributed by atoms with van der Waals surface area (Å²) in [7, 11) is 1.66. The van der Waals surface area contributed by atoms with E-state index in [9.17, 15) is 8.78 Å². The highest BCUT2D eigenvalue weighted by atomic mass is 19.1. The highest BCUT2D eigenvalue weighted by Crippen LogP contribution is 2.40. The van der Waals surface area contributed by atoms with Crippen molar-refractivity contribution in [3.63, 3.8) is 0 Å². The summed E-state index contributed by atoms with van der Waals surface area (Å²) in [4.78, 5) is 0. The molecule has 2 rings (SSSR count). The second-order valence-electron chi connectivity index (χ2n) is 6.35. The van der Waals surface area contributed by atoms with E-state index in [4.69, 9.17) is 4.74 Å². The van der Waals surface area contributed by atoms with E-state index in [1.54, 1.807) is 7.11 Å². The molecule has 1 saturated carbocycles. The Bertz CT molecular complexity index is 428. The van der Waals surface area contributed by atoms with Crippen LogP contribution in [0, 0.1) is 23.5 Å². The first kappa shape index (κ1) is 15.4. The number of hydrogen-bond donors (Lipinski definition) is 0. The molecule has 0 bridgehead atoms. The van der Waals surface area contributed by atoms with Crippen LogP contribution in [-0.2, 0) is 11.2 Å². The zero-order valence-electron chi connectivity index (χ0n) is 12.6. The summed E-state index contributed by atoms with van der Waals surface area (Å²) in [5.74, 6) is 0.429. The predicted octanol–water partition coefficient (Wildman–Crippen LogP) is 4.74. The Morgan fingerprint density at radius 3 is 2.20 bits per heavy atom. The van der Waals surface area contributed by atoms with Crippen molar-refractivity contribution in [3.8, 4) is 0 Å². The van der Waals surface area contributed by atoms with Crippen LogP contribution in [0.3, 0.4) is 0 Å². The molecule has 112 valence electrons. The second-order valence-corrected chi connectivity index (χ2v) is 6.35. The first-order valence-corrected chi connectivity index (χ1v) is 7.45. The van der Waals surface area contributed by atoms with Crippen molar-refractivity contribution in [2.24, 2.45) is 11.8 Å². The Morgan fingerprint density at radius 2 is 1.75 bits per heavy atom. The SMILES string of the molecule is COC1(Cc2c(F)cccc2F)CCC(C(C)C)CC1. The number of benzene rings is 1. The lowest BCUT2D eigenvalue weighted by Gasteiger charge is -2.40. The third-order valence-corrected chi connectivity index (χ3v) is 4.88. The lowest BCUT2D eigenvalue weighted by Crippen LogP contribution is -2.39. The standard InChI is InChI=1S/C17H24F2O/c1-12(2)13-7-9-17(20-3,10-8-13)11-14-15(18)5-4-6-16(14)19/h4-6,12-13H,7-11H2,1-3H3. The van der Waals surface area contributed by atoms with Crippen LogP contribution in [0.1, 0.15) is 45.1 Å². The van der Waals surface area contributed by atoms with Gasteiger partial charge in [-0.25, -0.2) is 8.78 Å². The Hall–Kier alpha value is -0.960. The zero-order chi connectivity index (χ0) is 14.8. The van der Waals surface area contributed by atoms with Gasteiger partial charge in [0.1, 0.15) is 11.6 Å². The van der Waals surface area contributed by atoms with Gasteiger partial charge >= 0.3 is 0 Å². The molecule has 0 amide bonds. The van der Waals surface area contributed by atoms with Crippen molar-refractivity contribution < 1.29 is 13.5 Å². The molecular formula is C17H24F2O. The predicted molar refractivity (Wildman–Crippen MR) is 76.6 cm³/mol. The summed E-state index contributed by atoms with van der Waals surface area (Å²) in [6.45, 7) is 4.47. The quantitative estimate of drug-likeness (QED) is 0.775. The van der Waals surface area contributed by atoms with Gasteiger partial charge in [0.05, 0.1) is 5.60 Å². The maximum atomic E-state index is 13.8. The third kappa shape index (κ3) is 3.20. The Kier molecular flexibility index (Phi) is 4.79. The minimum atomic E-state index is -0.465. The van der Waals surface area contributed by atoms with Crippen LogP contribution in [0.5, 0.6) is 0 Å². The van der Waals surface area contributed by atoms with Crippen LogP contribution in [0.4, 0.5) is 8.78 Å². The number of methoxy groups -OCH3 is 1. The normalized spacial score (nSPS) is 27.0. The molecule has 0 saturated heterocycles. The van der Waals surface area contributed by atoms with Gasteiger partial charge in [0, 0.05) is 19.1 Å². The molecule has 1 fully saturated rings. The minimum absolute atomic E-state index is 0.164. The molecule has 0 radical (unpaired) electrons. The van der Waals surface area contributed by atoms with Crippen LogP contribution in [0.25, 0.3) is 0 Å². The van der Waals surface area contributed by atoms with Gasteiger partial charge in [-0.05, 0) is 49.7 Å². The van der Waals surface area contributed by atoms with E-state index in [1.165, 1.54) is 18.2 Å². The molecule has 1 aromatic rings. The van der Waals surface area contributed by atoms with Crippen molar-refractivity contribution in [2.45, 2.75) is 51.6 Å². The molecule has 1 aromatic carbocycles. The van der Waals surface area contributed by atoms with Crippen LogP contribution >= 0.6 is 0 Å². The highest BCUT2D eigenvalue weighted by Gasteiger charge is 2.37. The molecule has 0 aromatic heterocycles. The van der Waals surface area contributed by atoms with Crippen molar-refractivity contribution in [2.75, 3.05) is 7.11 Å². The topological polar surface area (TPSA) is 9.23 Å². The molecule has 1 aliphatic rings. The lowest BCUT2D eigenvalue weighted by molar-refractivity contribution is -0.0535.